The molecule has 0 aromatic carbocycles. The Morgan fingerprint density at radius 1 is 1.41 bits per heavy atom. The van der Waals surface area contributed by atoms with E-state index in [2.05, 4.69) is 11.1 Å². The van der Waals surface area contributed by atoms with E-state index in [1.54, 1.807) is 43.1 Å². The Hall–Kier alpha value is -2.92. The summed E-state index contributed by atoms with van der Waals surface area (Å²) in [6.07, 6.45) is 2.11. The van der Waals surface area contributed by atoms with Crippen LogP contribution < -0.4 is 4.90 Å². The molecule has 3 rings (SSSR count). The van der Waals surface area contributed by atoms with Crippen molar-refractivity contribution in [2.24, 2.45) is 0 Å². The maximum Gasteiger partial charge on any atom is 0.410 e. The molecule has 0 fully saturated rings. The minimum atomic E-state index is -0.358. The molecule has 0 unspecified atom stereocenters. The fourth-order valence-corrected chi connectivity index (χ4v) is 4.36. The van der Waals surface area contributed by atoms with Crippen molar-refractivity contribution in [3.05, 3.63) is 40.4 Å². The van der Waals surface area contributed by atoms with Crippen LogP contribution >= 0.6 is 11.3 Å². The molecule has 3 heterocycles. The Kier molecular flexibility index (Phi) is 5.72. The van der Waals surface area contributed by atoms with Crippen LogP contribution in [-0.2, 0) is 22.5 Å². The Morgan fingerprint density at radius 2 is 2.22 bits per heavy atom. The minimum Gasteiger partial charge on any atom is -0.450 e. The number of carbonyl (C=O) groups is 2. The van der Waals surface area contributed by atoms with Crippen molar-refractivity contribution in [1.29, 1.82) is 5.26 Å². The molecule has 7 nitrogen and oxygen atoms in total. The molecule has 2 amide bonds. The van der Waals surface area contributed by atoms with Gasteiger partial charge in [0, 0.05) is 24.0 Å². The van der Waals surface area contributed by atoms with Crippen molar-refractivity contribution in [2.75, 3.05) is 18.1 Å². The van der Waals surface area contributed by atoms with Crippen molar-refractivity contribution in [3.63, 3.8) is 0 Å². The van der Waals surface area contributed by atoms with E-state index in [0.717, 1.165) is 10.4 Å². The molecule has 140 valence electrons. The van der Waals surface area contributed by atoms with Crippen LogP contribution in [0.4, 0.5) is 15.6 Å². The molecule has 0 atom stereocenters. The lowest BCUT2D eigenvalue weighted by molar-refractivity contribution is -0.117. The maximum atomic E-state index is 12.7. The predicted octanol–water partition coefficient (Wildman–Crippen LogP) is 3.60. The zero-order chi connectivity index (χ0) is 19.4. The van der Waals surface area contributed by atoms with Crippen molar-refractivity contribution >= 4 is 34.2 Å². The van der Waals surface area contributed by atoms with Crippen molar-refractivity contribution in [2.45, 2.75) is 33.2 Å². The summed E-state index contributed by atoms with van der Waals surface area (Å²) in [6, 6.07) is 7.59. The first kappa shape index (κ1) is 18.9. The molecule has 0 spiro atoms. The highest BCUT2D eigenvalue weighted by atomic mass is 32.1. The van der Waals surface area contributed by atoms with E-state index in [0.29, 0.717) is 48.9 Å². The lowest BCUT2D eigenvalue weighted by Crippen LogP contribution is -2.35. The molecule has 2 aromatic rings. The number of ether oxygens (including phenoxy) is 1. The number of pyridine rings is 1. The monoisotopic (exact) mass is 384 g/mol. The molecule has 0 saturated heterocycles. The molecule has 8 heteroatoms. The molecule has 0 bridgehead atoms. The highest BCUT2D eigenvalue weighted by Gasteiger charge is 2.31. The molecule has 1 aliphatic rings. The third-order valence-corrected chi connectivity index (χ3v) is 5.51. The smallest absolute Gasteiger partial charge is 0.410 e. The van der Waals surface area contributed by atoms with E-state index in [9.17, 15) is 14.9 Å². The van der Waals surface area contributed by atoms with E-state index in [1.807, 2.05) is 0 Å². The SMILES string of the molecule is CCOC(=O)N1CCc2c(sc(N(C(=O)CC)c3ccccn3)c2C#N)C1. The number of nitrogens with zero attached hydrogens (tertiary/aromatic N) is 4. The van der Waals surface area contributed by atoms with Gasteiger partial charge in [-0.15, -0.1) is 11.3 Å². The quantitative estimate of drug-likeness (QED) is 0.804. The van der Waals surface area contributed by atoms with Gasteiger partial charge in [-0.3, -0.25) is 9.69 Å². The largest absolute Gasteiger partial charge is 0.450 e. The highest BCUT2D eigenvalue weighted by Crippen LogP contribution is 2.41. The number of aromatic nitrogens is 1. The Bertz CT molecular complexity index is 888. The van der Waals surface area contributed by atoms with Gasteiger partial charge in [0.1, 0.15) is 16.9 Å². The number of hydrogen-bond acceptors (Lipinski definition) is 6. The summed E-state index contributed by atoms with van der Waals surface area (Å²) in [4.78, 5) is 33.0. The minimum absolute atomic E-state index is 0.133. The number of hydrogen-bond donors (Lipinski definition) is 0. The first-order chi connectivity index (χ1) is 13.1. The second-order valence-corrected chi connectivity index (χ2v) is 7.02. The van der Waals surface area contributed by atoms with Crippen LogP contribution in [0.2, 0.25) is 0 Å². The number of nitriles is 1. The summed E-state index contributed by atoms with van der Waals surface area (Å²) in [5.74, 6) is 0.354. The number of thiophene rings is 1. The fourth-order valence-electron chi connectivity index (χ4n) is 3.02. The van der Waals surface area contributed by atoms with Crippen LogP contribution in [0.3, 0.4) is 0 Å². The Labute approximate surface area is 161 Å². The molecule has 1 aliphatic heterocycles. The number of anilines is 2. The van der Waals surface area contributed by atoms with Gasteiger partial charge >= 0.3 is 6.09 Å². The van der Waals surface area contributed by atoms with E-state index in [1.165, 1.54) is 16.2 Å². The standard InChI is InChI=1S/C19H20N4O3S/c1-3-17(24)23(16-7-5-6-9-21-16)18-14(11-20)13-8-10-22(12-15(13)27-18)19(25)26-4-2/h5-7,9H,3-4,8,10,12H2,1-2H3. The van der Waals surface area contributed by atoms with Gasteiger partial charge in [-0.1, -0.05) is 13.0 Å². The lowest BCUT2D eigenvalue weighted by atomic mass is 10.0. The molecule has 0 N–H and O–H groups in total. The zero-order valence-corrected chi connectivity index (χ0v) is 16.1. The summed E-state index contributed by atoms with van der Waals surface area (Å²) < 4.78 is 5.08. The second-order valence-electron chi connectivity index (χ2n) is 5.94. The summed E-state index contributed by atoms with van der Waals surface area (Å²) in [7, 11) is 0. The highest BCUT2D eigenvalue weighted by molar-refractivity contribution is 7.16. The number of carbonyl (C=O) groups excluding carboxylic acids is 2. The first-order valence-corrected chi connectivity index (χ1v) is 9.62. The molecule has 0 saturated carbocycles. The fraction of sp³-hybridized carbons (Fsp3) is 0.368. The topological polar surface area (TPSA) is 86.5 Å². The van der Waals surface area contributed by atoms with E-state index >= 15 is 0 Å². The van der Waals surface area contributed by atoms with Gasteiger partial charge < -0.3 is 9.64 Å². The van der Waals surface area contributed by atoms with Gasteiger partial charge in [-0.2, -0.15) is 5.26 Å². The number of amides is 2. The van der Waals surface area contributed by atoms with Crippen LogP contribution in [0, 0.1) is 11.3 Å². The molecular weight excluding hydrogens is 364 g/mol. The molecule has 27 heavy (non-hydrogen) atoms. The third-order valence-electron chi connectivity index (χ3n) is 4.31. The Balaban J connectivity index is 2.03. The number of rotatable bonds is 4. The summed E-state index contributed by atoms with van der Waals surface area (Å²) in [5.41, 5.74) is 1.40. The van der Waals surface area contributed by atoms with Gasteiger partial charge in [-0.05, 0) is 31.0 Å². The van der Waals surface area contributed by atoms with Gasteiger partial charge in [0.05, 0.1) is 18.7 Å². The van der Waals surface area contributed by atoms with E-state index in [4.69, 9.17) is 4.74 Å². The normalized spacial score (nSPS) is 12.9. The van der Waals surface area contributed by atoms with Crippen molar-refractivity contribution < 1.29 is 14.3 Å². The van der Waals surface area contributed by atoms with Crippen LogP contribution in [0.5, 0.6) is 0 Å². The average Bonchev–Trinajstić information content (AvgIpc) is 3.06. The lowest BCUT2D eigenvalue weighted by Gasteiger charge is -2.25. The van der Waals surface area contributed by atoms with Gasteiger partial charge in [0.15, 0.2) is 0 Å². The van der Waals surface area contributed by atoms with Crippen LogP contribution in [-0.4, -0.2) is 35.0 Å². The summed E-state index contributed by atoms with van der Waals surface area (Å²) in [6.45, 7) is 4.73. The first-order valence-electron chi connectivity index (χ1n) is 8.81. The molecule has 0 radical (unpaired) electrons. The maximum absolute atomic E-state index is 12.7. The van der Waals surface area contributed by atoms with Gasteiger partial charge in [0.25, 0.3) is 0 Å². The van der Waals surface area contributed by atoms with Crippen LogP contribution in [0.25, 0.3) is 0 Å². The van der Waals surface area contributed by atoms with Gasteiger partial charge in [-0.25, -0.2) is 9.78 Å². The third kappa shape index (κ3) is 3.64. The molecule has 2 aromatic heterocycles. The van der Waals surface area contributed by atoms with Crippen molar-refractivity contribution in [3.8, 4) is 6.07 Å². The van der Waals surface area contributed by atoms with Crippen molar-refractivity contribution in [1.82, 2.24) is 9.88 Å². The predicted molar refractivity (Wildman–Crippen MR) is 102 cm³/mol. The average molecular weight is 384 g/mol. The van der Waals surface area contributed by atoms with E-state index in [-0.39, 0.29) is 12.0 Å². The summed E-state index contributed by atoms with van der Waals surface area (Å²) in [5, 5.41) is 10.3. The zero-order valence-electron chi connectivity index (χ0n) is 15.3. The summed E-state index contributed by atoms with van der Waals surface area (Å²) >= 11 is 1.37. The number of fused-ring (bicyclic) bond motifs is 1. The van der Waals surface area contributed by atoms with Crippen LogP contribution in [0.1, 0.15) is 36.3 Å². The Morgan fingerprint density at radius 3 is 2.85 bits per heavy atom. The molecular formula is C19H20N4O3S. The van der Waals surface area contributed by atoms with Crippen LogP contribution in [0.15, 0.2) is 24.4 Å². The molecule has 0 aliphatic carbocycles. The second kappa shape index (κ2) is 8.18. The van der Waals surface area contributed by atoms with Gasteiger partial charge in [0.2, 0.25) is 5.91 Å². The van der Waals surface area contributed by atoms with E-state index < -0.39 is 0 Å².